The van der Waals surface area contributed by atoms with Crippen LogP contribution in [0.2, 0.25) is 5.02 Å². The summed E-state index contributed by atoms with van der Waals surface area (Å²) in [5, 5.41) is 2.87. The Labute approximate surface area is 149 Å². The summed E-state index contributed by atoms with van der Waals surface area (Å²) in [5.41, 5.74) is 0.595. The van der Waals surface area contributed by atoms with Crippen molar-refractivity contribution in [1.82, 2.24) is 0 Å². The van der Waals surface area contributed by atoms with Crippen molar-refractivity contribution in [2.75, 3.05) is 10.0 Å². The Balaban J connectivity index is 1.83. The van der Waals surface area contributed by atoms with E-state index < -0.39 is 15.9 Å². The monoisotopic (exact) mass is 376 g/mol. The molecular formula is C17H13ClN2O4S. The number of sulfonamides is 1. The normalized spacial score (nSPS) is 11.1. The van der Waals surface area contributed by atoms with Crippen molar-refractivity contribution in [1.29, 1.82) is 0 Å². The smallest absolute Gasteiger partial charge is 0.291 e. The van der Waals surface area contributed by atoms with Crippen molar-refractivity contribution in [2.45, 2.75) is 4.90 Å². The highest BCUT2D eigenvalue weighted by molar-refractivity contribution is 7.92. The summed E-state index contributed by atoms with van der Waals surface area (Å²) in [5.74, 6) is -0.346. The first-order valence-corrected chi connectivity index (χ1v) is 9.04. The summed E-state index contributed by atoms with van der Waals surface area (Å²) in [6.45, 7) is 0. The quantitative estimate of drug-likeness (QED) is 0.704. The number of rotatable bonds is 5. The molecule has 0 aliphatic rings. The molecule has 0 saturated heterocycles. The number of hydrogen-bond donors (Lipinski definition) is 2. The van der Waals surface area contributed by atoms with Crippen LogP contribution in [-0.2, 0) is 10.0 Å². The Bertz CT molecular complexity index is 1000. The number of para-hydroxylation sites is 1. The summed E-state index contributed by atoms with van der Waals surface area (Å²) < 4.78 is 32.5. The van der Waals surface area contributed by atoms with Gasteiger partial charge in [0.2, 0.25) is 0 Å². The SMILES string of the molecule is O=C(Nc1cccc(S(=O)(=O)Nc2ccccc2Cl)c1)c1ccco1. The van der Waals surface area contributed by atoms with Gasteiger partial charge in [-0.25, -0.2) is 8.42 Å². The Kier molecular flexibility index (Phi) is 4.78. The van der Waals surface area contributed by atoms with Gasteiger partial charge in [0.15, 0.2) is 5.76 Å². The molecule has 1 heterocycles. The van der Waals surface area contributed by atoms with E-state index in [2.05, 4.69) is 10.0 Å². The number of hydrogen-bond acceptors (Lipinski definition) is 4. The number of furan rings is 1. The van der Waals surface area contributed by atoms with Gasteiger partial charge in [0.1, 0.15) is 0 Å². The van der Waals surface area contributed by atoms with Crippen molar-refractivity contribution in [3.63, 3.8) is 0 Å². The second-order valence-electron chi connectivity index (χ2n) is 5.04. The van der Waals surface area contributed by atoms with Crippen LogP contribution in [0, 0.1) is 0 Å². The van der Waals surface area contributed by atoms with E-state index in [0.29, 0.717) is 5.69 Å². The van der Waals surface area contributed by atoms with E-state index in [1.807, 2.05) is 0 Å². The van der Waals surface area contributed by atoms with E-state index in [9.17, 15) is 13.2 Å². The van der Waals surface area contributed by atoms with Gasteiger partial charge in [0.05, 0.1) is 21.9 Å². The molecule has 128 valence electrons. The number of anilines is 2. The first kappa shape index (κ1) is 17.1. The van der Waals surface area contributed by atoms with Gasteiger partial charge in [-0.2, -0.15) is 0 Å². The molecular weight excluding hydrogens is 364 g/mol. The van der Waals surface area contributed by atoms with Crippen molar-refractivity contribution in [2.24, 2.45) is 0 Å². The molecule has 0 fully saturated rings. The van der Waals surface area contributed by atoms with Gasteiger partial charge in [-0.15, -0.1) is 0 Å². The molecule has 0 spiro atoms. The topological polar surface area (TPSA) is 88.4 Å². The van der Waals surface area contributed by atoms with Crippen LogP contribution in [0.15, 0.2) is 76.2 Å². The zero-order valence-corrected chi connectivity index (χ0v) is 14.3. The second-order valence-corrected chi connectivity index (χ2v) is 7.13. The first-order chi connectivity index (χ1) is 12.0. The summed E-state index contributed by atoms with van der Waals surface area (Å²) in [6.07, 6.45) is 1.38. The molecule has 6 nitrogen and oxygen atoms in total. The highest BCUT2D eigenvalue weighted by Crippen LogP contribution is 2.25. The summed E-state index contributed by atoms with van der Waals surface area (Å²) >= 11 is 5.98. The van der Waals surface area contributed by atoms with Crippen molar-refractivity contribution in [3.05, 3.63) is 77.7 Å². The highest BCUT2D eigenvalue weighted by Gasteiger charge is 2.17. The van der Waals surface area contributed by atoms with Crippen molar-refractivity contribution >= 4 is 38.9 Å². The van der Waals surface area contributed by atoms with E-state index in [-0.39, 0.29) is 21.4 Å². The molecule has 0 radical (unpaired) electrons. The predicted molar refractivity (Wildman–Crippen MR) is 95.4 cm³/mol. The Morgan fingerprint density at radius 1 is 1.00 bits per heavy atom. The molecule has 1 aromatic heterocycles. The molecule has 3 rings (SSSR count). The highest BCUT2D eigenvalue weighted by atomic mass is 35.5. The summed E-state index contributed by atoms with van der Waals surface area (Å²) in [4.78, 5) is 12.0. The Morgan fingerprint density at radius 3 is 2.52 bits per heavy atom. The van der Waals surface area contributed by atoms with Crippen LogP contribution in [-0.4, -0.2) is 14.3 Å². The Hall–Kier alpha value is -2.77. The van der Waals surface area contributed by atoms with Crippen molar-refractivity contribution < 1.29 is 17.6 Å². The third kappa shape index (κ3) is 4.01. The second kappa shape index (κ2) is 7.00. The fourth-order valence-electron chi connectivity index (χ4n) is 2.09. The summed E-state index contributed by atoms with van der Waals surface area (Å²) in [6, 6.07) is 15.5. The summed E-state index contributed by atoms with van der Waals surface area (Å²) in [7, 11) is -3.86. The van der Waals surface area contributed by atoms with Crippen LogP contribution in [0.5, 0.6) is 0 Å². The molecule has 25 heavy (non-hydrogen) atoms. The molecule has 0 atom stereocenters. The van der Waals surface area contributed by atoms with Gasteiger partial charge in [-0.05, 0) is 42.5 Å². The molecule has 0 saturated carbocycles. The number of carbonyl (C=O) groups is 1. The van der Waals surface area contributed by atoms with E-state index >= 15 is 0 Å². The van der Waals surface area contributed by atoms with Crippen LogP contribution in [0.25, 0.3) is 0 Å². The number of halogens is 1. The molecule has 2 N–H and O–H groups in total. The van der Waals surface area contributed by atoms with Crippen LogP contribution in [0.3, 0.4) is 0 Å². The molecule has 2 aromatic carbocycles. The minimum atomic E-state index is -3.86. The van der Waals surface area contributed by atoms with Gasteiger partial charge in [-0.1, -0.05) is 29.8 Å². The van der Waals surface area contributed by atoms with E-state index in [1.54, 1.807) is 36.4 Å². The molecule has 0 bridgehead atoms. The predicted octanol–water partition coefficient (Wildman–Crippen LogP) is 3.99. The lowest BCUT2D eigenvalue weighted by Crippen LogP contribution is -2.15. The maximum atomic E-state index is 12.5. The zero-order valence-electron chi connectivity index (χ0n) is 12.8. The third-order valence-corrected chi connectivity index (χ3v) is 4.96. The van der Waals surface area contributed by atoms with E-state index in [1.165, 1.54) is 30.5 Å². The average Bonchev–Trinajstić information content (AvgIpc) is 3.12. The molecule has 0 aliphatic heterocycles. The maximum absolute atomic E-state index is 12.5. The van der Waals surface area contributed by atoms with Crippen LogP contribution < -0.4 is 10.0 Å². The van der Waals surface area contributed by atoms with Crippen molar-refractivity contribution in [3.8, 4) is 0 Å². The van der Waals surface area contributed by atoms with E-state index in [4.69, 9.17) is 16.0 Å². The van der Waals surface area contributed by atoms with Gasteiger partial charge in [0, 0.05) is 5.69 Å². The standard InChI is InChI=1S/C17H13ClN2O4S/c18-14-7-1-2-8-15(14)20-25(22,23)13-6-3-5-12(11-13)19-17(21)16-9-4-10-24-16/h1-11,20H,(H,19,21). The van der Waals surface area contributed by atoms with Crippen LogP contribution in [0.4, 0.5) is 11.4 Å². The number of benzene rings is 2. The lowest BCUT2D eigenvalue weighted by atomic mass is 10.3. The minimum Gasteiger partial charge on any atom is -0.459 e. The number of nitrogens with one attached hydrogen (secondary N) is 2. The van der Waals surface area contributed by atoms with Crippen LogP contribution >= 0.6 is 11.6 Å². The van der Waals surface area contributed by atoms with Gasteiger partial charge in [0.25, 0.3) is 15.9 Å². The molecule has 8 heteroatoms. The van der Waals surface area contributed by atoms with Gasteiger partial charge < -0.3 is 9.73 Å². The van der Waals surface area contributed by atoms with Gasteiger partial charge >= 0.3 is 0 Å². The minimum absolute atomic E-state index is 0.00957. The lowest BCUT2D eigenvalue weighted by Gasteiger charge is -2.11. The Morgan fingerprint density at radius 2 is 1.80 bits per heavy atom. The molecule has 1 amide bonds. The lowest BCUT2D eigenvalue weighted by molar-refractivity contribution is 0.0996. The van der Waals surface area contributed by atoms with Crippen LogP contribution in [0.1, 0.15) is 10.6 Å². The van der Waals surface area contributed by atoms with E-state index in [0.717, 1.165) is 0 Å². The molecule has 0 unspecified atom stereocenters. The van der Waals surface area contributed by atoms with Gasteiger partial charge in [-0.3, -0.25) is 9.52 Å². The fraction of sp³-hybridized carbons (Fsp3) is 0. The number of carbonyl (C=O) groups excluding carboxylic acids is 1. The average molecular weight is 377 g/mol. The third-order valence-electron chi connectivity index (χ3n) is 3.27. The number of amides is 1. The first-order valence-electron chi connectivity index (χ1n) is 7.18. The zero-order chi connectivity index (χ0) is 17.9. The maximum Gasteiger partial charge on any atom is 0.291 e. The fourth-order valence-corrected chi connectivity index (χ4v) is 3.45. The molecule has 3 aromatic rings. The largest absolute Gasteiger partial charge is 0.459 e. The molecule has 0 aliphatic carbocycles.